The first-order valence-corrected chi connectivity index (χ1v) is 12.6. The molecule has 0 saturated carbocycles. The van der Waals surface area contributed by atoms with Gasteiger partial charge in [-0.2, -0.15) is 5.26 Å². The van der Waals surface area contributed by atoms with E-state index in [9.17, 15) is 22.1 Å². The van der Waals surface area contributed by atoms with Crippen LogP contribution in [0.15, 0.2) is 76.5 Å². The van der Waals surface area contributed by atoms with E-state index in [-0.39, 0.29) is 32.7 Å². The largest absolute Gasteiger partial charge is 0.456 e. The summed E-state index contributed by atoms with van der Waals surface area (Å²) in [6.07, 6.45) is 0.358. The first-order valence-electron chi connectivity index (χ1n) is 9.18. The van der Waals surface area contributed by atoms with Crippen molar-refractivity contribution >= 4 is 31.6 Å². The van der Waals surface area contributed by atoms with Gasteiger partial charge in [-0.25, -0.2) is 26.7 Å². The molecule has 0 aliphatic rings. The summed E-state index contributed by atoms with van der Waals surface area (Å²) in [5.41, 5.74) is 0.934. The van der Waals surface area contributed by atoms with Crippen molar-refractivity contribution < 1.29 is 21.6 Å². The van der Waals surface area contributed by atoms with Gasteiger partial charge in [-0.15, -0.1) is 0 Å². The van der Waals surface area contributed by atoms with Crippen LogP contribution in [0.2, 0.25) is 5.02 Å². The quantitative estimate of drug-likeness (QED) is 0.496. The van der Waals surface area contributed by atoms with Crippen LogP contribution >= 0.6 is 11.6 Å². The Morgan fingerprint density at radius 3 is 2.16 bits per heavy atom. The smallest absolute Gasteiger partial charge is 0.240 e. The third-order valence-corrected chi connectivity index (χ3v) is 7.13. The topological polar surface area (TPSA) is 139 Å². The standard InChI is InChI=1S/C21H18ClN3O5S2/c22-20-2-1-3-21(19(20)14-23)30-16-6-10-18(11-7-16)32(28,29)25-13-12-15-4-8-17(9-5-15)31(24,26)27/h1-11,25H,12-13H2,(H2,24,26,27). The zero-order valence-corrected chi connectivity index (χ0v) is 18.9. The Bertz CT molecular complexity index is 1370. The summed E-state index contributed by atoms with van der Waals surface area (Å²) in [5.74, 6) is 0.611. The van der Waals surface area contributed by atoms with Crippen LogP contribution in [0.4, 0.5) is 0 Å². The number of nitrogens with zero attached hydrogens (tertiary/aromatic N) is 1. The molecule has 3 aromatic carbocycles. The molecule has 0 radical (unpaired) electrons. The van der Waals surface area contributed by atoms with Crippen LogP contribution in [0.3, 0.4) is 0 Å². The van der Waals surface area contributed by atoms with Crippen molar-refractivity contribution in [2.75, 3.05) is 6.54 Å². The first-order chi connectivity index (χ1) is 15.1. The molecule has 32 heavy (non-hydrogen) atoms. The van der Waals surface area contributed by atoms with Crippen LogP contribution in [-0.4, -0.2) is 23.4 Å². The van der Waals surface area contributed by atoms with Gasteiger partial charge in [0.05, 0.1) is 14.8 Å². The van der Waals surface area contributed by atoms with E-state index >= 15 is 0 Å². The van der Waals surface area contributed by atoms with Gasteiger partial charge in [0.1, 0.15) is 23.1 Å². The van der Waals surface area contributed by atoms with E-state index in [2.05, 4.69) is 4.72 Å². The van der Waals surface area contributed by atoms with Crippen molar-refractivity contribution in [3.05, 3.63) is 82.9 Å². The Hall–Kier alpha value is -2.94. The lowest BCUT2D eigenvalue weighted by Gasteiger charge is -2.10. The Balaban J connectivity index is 1.63. The van der Waals surface area contributed by atoms with Gasteiger partial charge in [0.2, 0.25) is 20.0 Å². The number of benzene rings is 3. The number of hydrogen-bond acceptors (Lipinski definition) is 6. The maximum absolute atomic E-state index is 12.5. The van der Waals surface area contributed by atoms with Crippen LogP contribution in [0, 0.1) is 11.3 Å². The summed E-state index contributed by atoms with van der Waals surface area (Å²) >= 11 is 5.98. The Morgan fingerprint density at radius 2 is 1.56 bits per heavy atom. The van der Waals surface area contributed by atoms with Gasteiger partial charge in [-0.3, -0.25) is 0 Å². The van der Waals surface area contributed by atoms with E-state index in [1.807, 2.05) is 6.07 Å². The highest BCUT2D eigenvalue weighted by molar-refractivity contribution is 7.89. The molecule has 0 amide bonds. The maximum atomic E-state index is 12.5. The highest BCUT2D eigenvalue weighted by atomic mass is 35.5. The third kappa shape index (κ3) is 5.85. The highest BCUT2D eigenvalue weighted by Crippen LogP contribution is 2.30. The Kier molecular flexibility index (Phi) is 7.18. The highest BCUT2D eigenvalue weighted by Gasteiger charge is 2.15. The molecule has 0 fully saturated rings. The molecule has 0 aromatic heterocycles. The molecule has 0 heterocycles. The molecule has 11 heteroatoms. The van der Waals surface area contributed by atoms with Gasteiger partial charge in [0, 0.05) is 6.54 Å². The van der Waals surface area contributed by atoms with E-state index in [0.29, 0.717) is 12.2 Å². The fourth-order valence-corrected chi connectivity index (χ4v) is 4.53. The van der Waals surface area contributed by atoms with Crippen LogP contribution in [-0.2, 0) is 26.5 Å². The molecule has 0 atom stereocenters. The van der Waals surface area contributed by atoms with Crippen molar-refractivity contribution in [3.8, 4) is 17.6 Å². The monoisotopic (exact) mass is 491 g/mol. The van der Waals surface area contributed by atoms with Crippen LogP contribution in [0.25, 0.3) is 0 Å². The molecule has 0 aliphatic heterocycles. The average molecular weight is 492 g/mol. The van der Waals surface area contributed by atoms with Crippen LogP contribution in [0.5, 0.6) is 11.5 Å². The minimum absolute atomic E-state index is 0.0104. The van der Waals surface area contributed by atoms with Gasteiger partial charge < -0.3 is 4.74 Å². The number of nitriles is 1. The van der Waals surface area contributed by atoms with Gasteiger partial charge in [0.25, 0.3) is 0 Å². The number of hydrogen-bond donors (Lipinski definition) is 2. The molecule has 3 N–H and O–H groups in total. The molecular weight excluding hydrogens is 474 g/mol. The second-order valence-corrected chi connectivity index (χ2v) is 10.4. The van der Waals surface area contributed by atoms with Gasteiger partial charge >= 0.3 is 0 Å². The fourth-order valence-electron chi connectivity index (χ4n) is 2.77. The summed E-state index contributed by atoms with van der Waals surface area (Å²) < 4.78 is 55.7. The second-order valence-electron chi connectivity index (χ2n) is 6.63. The van der Waals surface area contributed by atoms with Crippen LogP contribution < -0.4 is 14.6 Å². The van der Waals surface area contributed by atoms with E-state index < -0.39 is 20.0 Å². The number of halogens is 1. The number of rotatable bonds is 8. The summed E-state index contributed by atoms with van der Waals surface area (Å²) in [7, 11) is -7.54. The molecule has 0 saturated heterocycles. The number of primary sulfonamides is 1. The third-order valence-electron chi connectivity index (χ3n) is 4.41. The summed E-state index contributed by atoms with van der Waals surface area (Å²) in [6.45, 7) is 0.114. The molecule has 8 nitrogen and oxygen atoms in total. The van der Waals surface area contributed by atoms with Crippen molar-refractivity contribution in [2.24, 2.45) is 5.14 Å². The Labute approximate surface area is 191 Å². The lowest BCUT2D eigenvalue weighted by molar-refractivity contribution is 0.480. The summed E-state index contributed by atoms with van der Waals surface area (Å²) in [4.78, 5) is 0.0322. The number of nitrogens with one attached hydrogen (secondary N) is 1. The normalized spacial score (nSPS) is 11.7. The second kappa shape index (κ2) is 9.68. The number of ether oxygens (including phenoxy) is 1. The summed E-state index contributed by atoms with van der Waals surface area (Å²) in [5, 5.41) is 14.5. The predicted molar refractivity (Wildman–Crippen MR) is 119 cm³/mol. The molecule has 0 bridgehead atoms. The summed E-state index contributed by atoms with van der Waals surface area (Å²) in [6, 6.07) is 18.4. The van der Waals surface area contributed by atoms with Gasteiger partial charge in [-0.1, -0.05) is 29.8 Å². The lowest BCUT2D eigenvalue weighted by atomic mass is 10.2. The molecule has 166 valence electrons. The minimum atomic E-state index is -3.77. The van der Waals surface area contributed by atoms with Crippen molar-refractivity contribution in [1.82, 2.24) is 4.72 Å². The van der Waals surface area contributed by atoms with Crippen molar-refractivity contribution in [3.63, 3.8) is 0 Å². The maximum Gasteiger partial charge on any atom is 0.240 e. The van der Waals surface area contributed by atoms with E-state index in [0.717, 1.165) is 5.56 Å². The number of nitrogens with two attached hydrogens (primary N) is 1. The van der Waals surface area contributed by atoms with Gasteiger partial charge in [-0.05, 0) is 60.5 Å². The predicted octanol–water partition coefficient (Wildman–Crippen LogP) is 3.17. The van der Waals surface area contributed by atoms with E-state index in [4.69, 9.17) is 21.5 Å². The molecule has 0 unspecified atom stereocenters. The molecular formula is C21H18ClN3O5S2. The zero-order chi connectivity index (χ0) is 23.4. The minimum Gasteiger partial charge on any atom is -0.456 e. The molecule has 3 aromatic rings. The van der Waals surface area contributed by atoms with E-state index in [1.165, 1.54) is 36.4 Å². The molecule has 0 aliphatic carbocycles. The van der Waals surface area contributed by atoms with Gasteiger partial charge in [0.15, 0.2) is 0 Å². The Morgan fingerprint density at radius 1 is 0.938 bits per heavy atom. The average Bonchev–Trinajstić information content (AvgIpc) is 2.74. The SMILES string of the molecule is N#Cc1c(Cl)cccc1Oc1ccc(S(=O)(=O)NCCc2ccc(S(N)(=O)=O)cc2)cc1. The zero-order valence-electron chi connectivity index (χ0n) is 16.5. The lowest BCUT2D eigenvalue weighted by Crippen LogP contribution is -2.26. The first kappa shape index (κ1) is 23.7. The molecule has 0 spiro atoms. The van der Waals surface area contributed by atoms with Crippen LogP contribution in [0.1, 0.15) is 11.1 Å². The van der Waals surface area contributed by atoms with Crippen molar-refractivity contribution in [2.45, 2.75) is 16.2 Å². The molecule has 3 rings (SSSR count). The fraction of sp³-hybridized carbons (Fsp3) is 0.0952. The van der Waals surface area contributed by atoms with E-state index in [1.54, 1.807) is 30.3 Å². The van der Waals surface area contributed by atoms with Crippen molar-refractivity contribution in [1.29, 1.82) is 5.26 Å². The number of sulfonamides is 2.